The van der Waals surface area contributed by atoms with Gasteiger partial charge in [-0.25, -0.2) is 0 Å². The number of carbonyl (C=O) groups is 3. The molecule has 0 unspecified atom stereocenters. The SMILES string of the molecule is CCOC(=O)C1CCN(C(=O)[C@@H]2C[C@@H]3CC[C@]2(C)C[C@]32NC(=O)c3ccccc3N2)CC1. The number of para-hydroxylation sites is 1. The number of rotatable bonds is 3. The van der Waals surface area contributed by atoms with Gasteiger partial charge in [-0.3, -0.25) is 14.4 Å². The van der Waals surface area contributed by atoms with Crippen molar-refractivity contribution in [3.8, 4) is 0 Å². The second-order valence-electron chi connectivity index (χ2n) is 10.3. The van der Waals surface area contributed by atoms with Gasteiger partial charge in [-0.15, -0.1) is 0 Å². The first-order valence-electron chi connectivity index (χ1n) is 12.0. The van der Waals surface area contributed by atoms with Gasteiger partial charge in [0.25, 0.3) is 5.91 Å². The normalized spacial score (nSPS) is 33.9. The Morgan fingerprint density at radius 1 is 1.16 bits per heavy atom. The van der Waals surface area contributed by atoms with Gasteiger partial charge in [0.05, 0.1) is 18.1 Å². The maximum absolute atomic E-state index is 13.6. The molecule has 5 aliphatic rings. The summed E-state index contributed by atoms with van der Waals surface area (Å²) in [4.78, 5) is 40.5. The summed E-state index contributed by atoms with van der Waals surface area (Å²) in [5.41, 5.74) is 0.917. The number of nitrogens with one attached hydrogen (secondary N) is 2. The van der Waals surface area contributed by atoms with E-state index in [1.807, 2.05) is 36.1 Å². The van der Waals surface area contributed by atoms with E-state index >= 15 is 0 Å². The zero-order valence-electron chi connectivity index (χ0n) is 19.0. The topological polar surface area (TPSA) is 87.7 Å². The van der Waals surface area contributed by atoms with Crippen LogP contribution in [-0.4, -0.2) is 48.0 Å². The molecule has 1 saturated heterocycles. The number of hydrogen-bond donors (Lipinski definition) is 2. The van der Waals surface area contributed by atoms with Crippen molar-refractivity contribution >= 4 is 23.5 Å². The Morgan fingerprint density at radius 2 is 1.91 bits per heavy atom. The molecule has 32 heavy (non-hydrogen) atoms. The van der Waals surface area contributed by atoms with Gasteiger partial charge < -0.3 is 20.3 Å². The highest BCUT2D eigenvalue weighted by Gasteiger charge is 2.60. The van der Waals surface area contributed by atoms with Crippen molar-refractivity contribution in [2.45, 2.75) is 58.0 Å². The van der Waals surface area contributed by atoms with E-state index < -0.39 is 5.66 Å². The molecule has 7 heteroatoms. The van der Waals surface area contributed by atoms with E-state index in [1.165, 1.54) is 0 Å². The molecule has 2 N–H and O–H groups in total. The number of amides is 2. The van der Waals surface area contributed by atoms with Crippen molar-refractivity contribution in [1.82, 2.24) is 10.2 Å². The van der Waals surface area contributed by atoms with Crippen molar-refractivity contribution in [3.63, 3.8) is 0 Å². The van der Waals surface area contributed by atoms with E-state index in [0.717, 1.165) is 31.4 Å². The first-order valence-corrected chi connectivity index (χ1v) is 12.0. The summed E-state index contributed by atoms with van der Waals surface area (Å²) in [7, 11) is 0. The number of ether oxygens (including phenoxy) is 1. The molecule has 6 rings (SSSR count). The fraction of sp³-hybridized carbons (Fsp3) is 0.640. The van der Waals surface area contributed by atoms with Crippen LogP contribution in [0.25, 0.3) is 0 Å². The molecular formula is C25H33N3O4. The van der Waals surface area contributed by atoms with E-state index in [9.17, 15) is 14.4 Å². The lowest BCUT2D eigenvalue weighted by Crippen LogP contribution is -2.70. The first-order chi connectivity index (χ1) is 15.3. The standard InChI is InChI=1S/C25H33N3O4/c1-3-32-23(31)16-9-12-28(13-10-16)22(30)19-14-17-8-11-24(19,2)15-25(17)26-20-7-5-4-6-18(20)21(29)27-25/h4-7,16-17,19,26H,3,8-15H2,1-2H3,(H,27,29)/t17-,19-,24+,25-/m0/s1. The average Bonchev–Trinajstić information content (AvgIpc) is 2.78. The van der Waals surface area contributed by atoms with Crippen LogP contribution in [0.5, 0.6) is 0 Å². The molecule has 3 aliphatic carbocycles. The lowest BCUT2D eigenvalue weighted by molar-refractivity contribution is -0.156. The number of carbonyl (C=O) groups excluding carboxylic acids is 3. The predicted octanol–water partition coefficient (Wildman–Crippen LogP) is 3.17. The number of esters is 1. The van der Waals surface area contributed by atoms with Crippen LogP contribution in [0.4, 0.5) is 5.69 Å². The van der Waals surface area contributed by atoms with Crippen molar-refractivity contribution in [1.29, 1.82) is 0 Å². The Kier molecular flexibility index (Phi) is 5.18. The summed E-state index contributed by atoms with van der Waals surface area (Å²) in [5.74, 6) is 0.137. The maximum Gasteiger partial charge on any atom is 0.309 e. The zero-order valence-corrected chi connectivity index (χ0v) is 19.0. The third-order valence-electron chi connectivity index (χ3n) is 8.40. The smallest absolute Gasteiger partial charge is 0.309 e. The fourth-order valence-electron chi connectivity index (χ4n) is 6.64. The lowest BCUT2D eigenvalue weighted by Gasteiger charge is -2.61. The molecule has 3 saturated carbocycles. The zero-order chi connectivity index (χ0) is 22.5. The predicted molar refractivity (Wildman–Crippen MR) is 120 cm³/mol. The molecule has 0 aromatic heterocycles. The largest absolute Gasteiger partial charge is 0.466 e. The van der Waals surface area contributed by atoms with E-state index in [-0.39, 0.29) is 41.0 Å². The summed E-state index contributed by atoms with van der Waals surface area (Å²) in [5, 5.41) is 6.95. The Labute approximate surface area is 189 Å². The second kappa shape index (κ2) is 7.78. The second-order valence-corrected chi connectivity index (χ2v) is 10.3. The van der Waals surface area contributed by atoms with E-state index in [4.69, 9.17) is 4.74 Å². The maximum atomic E-state index is 13.6. The molecular weight excluding hydrogens is 406 g/mol. The third kappa shape index (κ3) is 3.37. The van der Waals surface area contributed by atoms with Crippen LogP contribution >= 0.6 is 0 Å². The van der Waals surface area contributed by atoms with Crippen LogP contribution in [0.2, 0.25) is 0 Å². The van der Waals surface area contributed by atoms with Crippen molar-refractivity contribution in [2.24, 2.45) is 23.2 Å². The minimum absolute atomic E-state index is 0.0283. The van der Waals surface area contributed by atoms with Gasteiger partial charge in [-0.05, 0) is 63.0 Å². The Morgan fingerprint density at radius 3 is 2.62 bits per heavy atom. The van der Waals surface area contributed by atoms with Crippen LogP contribution in [-0.2, 0) is 14.3 Å². The van der Waals surface area contributed by atoms with Crippen molar-refractivity contribution in [3.05, 3.63) is 29.8 Å². The quantitative estimate of drug-likeness (QED) is 0.707. The van der Waals surface area contributed by atoms with Gasteiger partial charge in [-0.1, -0.05) is 19.1 Å². The Balaban J connectivity index is 1.30. The van der Waals surface area contributed by atoms with Gasteiger partial charge in [-0.2, -0.15) is 0 Å². The minimum atomic E-state index is -0.480. The Hall–Kier alpha value is -2.57. The van der Waals surface area contributed by atoms with Gasteiger partial charge in [0.15, 0.2) is 0 Å². The molecule has 2 amide bonds. The summed E-state index contributed by atoms with van der Waals surface area (Å²) in [6.07, 6.45) is 4.88. The van der Waals surface area contributed by atoms with Crippen LogP contribution in [0.15, 0.2) is 24.3 Å². The van der Waals surface area contributed by atoms with Crippen LogP contribution in [0.1, 0.15) is 62.7 Å². The van der Waals surface area contributed by atoms with Crippen LogP contribution in [0.3, 0.4) is 0 Å². The van der Waals surface area contributed by atoms with Gasteiger partial charge in [0.2, 0.25) is 5.91 Å². The van der Waals surface area contributed by atoms with Crippen molar-refractivity contribution in [2.75, 3.05) is 25.0 Å². The molecule has 172 valence electrons. The molecule has 0 radical (unpaired) electrons. The molecule has 1 spiro atoms. The van der Waals surface area contributed by atoms with E-state index in [2.05, 4.69) is 17.6 Å². The fourth-order valence-corrected chi connectivity index (χ4v) is 6.64. The number of nitrogens with zero attached hydrogens (tertiary/aromatic N) is 1. The van der Waals surface area contributed by atoms with Gasteiger partial charge in [0.1, 0.15) is 5.66 Å². The third-order valence-corrected chi connectivity index (χ3v) is 8.40. The number of likely N-dealkylation sites (tertiary alicyclic amines) is 1. The highest BCUT2D eigenvalue weighted by Crippen LogP contribution is 2.58. The molecule has 1 aromatic carbocycles. The lowest BCUT2D eigenvalue weighted by atomic mass is 9.51. The summed E-state index contributed by atoms with van der Waals surface area (Å²) in [6.45, 7) is 5.67. The number of hydrogen-bond acceptors (Lipinski definition) is 5. The molecule has 2 heterocycles. The highest BCUT2D eigenvalue weighted by molar-refractivity contribution is 6.02. The van der Waals surface area contributed by atoms with Crippen LogP contribution < -0.4 is 10.6 Å². The summed E-state index contributed by atoms with van der Waals surface area (Å²) in [6, 6.07) is 7.65. The molecule has 2 aliphatic heterocycles. The number of piperidine rings is 1. The molecule has 7 nitrogen and oxygen atoms in total. The monoisotopic (exact) mass is 439 g/mol. The van der Waals surface area contributed by atoms with Gasteiger partial charge >= 0.3 is 5.97 Å². The summed E-state index contributed by atoms with van der Waals surface area (Å²) < 4.78 is 5.16. The molecule has 1 aromatic rings. The molecule has 2 bridgehead atoms. The van der Waals surface area contributed by atoms with Crippen molar-refractivity contribution < 1.29 is 19.1 Å². The highest BCUT2D eigenvalue weighted by atomic mass is 16.5. The first kappa shape index (κ1) is 21.3. The Bertz CT molecular complexity index is 941. The number of fused-ring (bicyclic) bond motifs is 3. The van der Waals surface area contributed by atoms with Crippen LogP contribution in [0, 0.1) is 23.2 Å². The van der Waals surface area contributed by atoms with E-state index in [0.29, 0.717) is 38.1 Å². The van der Waals surface area contributed by atoms with E-state index in [1.54, 1.807) is 0 Å². The number of anilines is 1. The molecule has 4 atom stereocenters. The number of benzene rings is 1. The molecule has 4 fully saturated rings. The average molecular weight is 440 g/mol. The summed E-state index contributed by atoms with van der Waals surface area (Å²) >= 11 is 0. The minimum Gasteiger partial charge on any atom is -0.466 e. The van der Waals surface area contributed by atoms with Gasteiger partial charge in [0, 0.05) is 30.6 Å².